The molecule has 0 aliphatic rings. The van der Waals surface area contributed by atoms with Crippen LogP contribution in [-0.2, 0) is 0 Å². The Morgan fingerprint density at radius 1 is 1.53 bits per heavy atom. The van der Waals surface area contributed by atoms with E-state index in [0.29, 0.717) is 17.0 Å². The molecule has 1 unspecified atom stereocenters. The van der Waals surface area contributed by atoms with Crippen molar-refractivity contribution in [2.45, 2.75) is 26.3 Å². The second-order valence-corrected chi connectivity index (χ2v) is 5.70. The molecule has 0 spiro atoms. The highest BCUT2D eigenvalue weighted by atomic mass is 32.1. The van der Waals surface area contributed by atoms with E-state index >= 15 is 0 Å². The van der Waals surface area contributed by atoms with Crippen LogP contribution in [0.3, 0.4) is 0 Å². The number of nitrogens with one attached hydrogen (secondary N) is 1. The average Bonchev–Trinajstić information content (AvgIpc) is 2.69. The number of amides is 1. The molecule has 0 aliphatic heterocycles. The first-order valence-corrected chi connectivity index (χ1v) is 7.05. The summed E-state index contributed by atoms with van der Waals surface area (Å²) >= 11 is 1.42. The van der Waals surface area contributed by atoms with Crippen molar-refractivity contribution in [2.24, 2.45) is 0 Å². The van der Waals surface area contributed by atoms with Gasteiger partial charge in [-0.25, -0.2) is 0 Å². The molecule has 0 saturated carbocycles. The van der Waals surface area contributed by atoms with E-state index in [2.05, 4.69) is 5.32 Å². The lowest BCUT2D eigenvalue weighted by Gasteiger charge is -2.11. The van der Waals surface area contributed by atoms with Crippen LogP contribution in [-0.4, -0.2) is 23.7 Å². The minimum Gasteiger partial charge on any atom is -0.397 e. The lowest BCUT2D eigenvalue weighted by molar-refractivity contribution is 0.0939. The quantitative estimate of drug-likeness (QED) is 0.803. The van der Waals surface area contributed by atoms with Gasteiger partial charge in [-0.15, -0.1) is 11.3 Å². The number of rotatable bonds is 4. The number of nitrogens with two attached hydrogens (primary N) is 1. The first-order valence-electron chi connectivity index (χ1n) is 6.24. The van der Waals surface area contributed by atoms with Crippen LogP contribution in [0.4, 0.5) is 5.69 Å². The summed E-state index contributed by atoms with van der Waals surface area (Å²) in [7, 11) is 0. The van der Waals surface area contributed by atoms with Crippen LogP contribution in [0.15, 0.2) is 18.2 Å². The van der Waals surface area contributed by atoms with Gasteiger partial charge in [-0.3, -0.25) is 4.79 Å². The summed E-state index contributed by atoms with van der Waals surface area (Å²) in [6.07, 6.45) is 0.537. The lowest BCUT2D eigenvalue weighted by Crippen LogP contribution is -2.33. The third kappa shape index (κ3) is 2.72. The van der Waals surface area contributed by atoms with Crippen molar-refractivity contribution >= 4 is 33.0 Å². The number of hydrogen-bond acceptors (Lipinski definition) is 4. The molecule has 1 atom stereocenters. The van der Waals surface area contributed by atoms with Crippen molar-refractivity contribution in [1.82, 2.24) is 5.32 Å². The number of fused-ring (bicyclic) bond motifs is 1. The van der Waals surface area contributed by atoms with Gasteiger partial charge in [-0.05, 0) is 25.8 Å². The summed E-state index contributed by atoms with van der Waals surface area (Å²) < 4.78 is 1.06. The summed E-state index contributed by atoms with van der Waals surface area (Å²) in [4.78, 5) is 12.7. The number of thiophene rings is 1. The number of benzene rings is 1. The highest BCUT2D eigenvalue weighted by Gasteiger charge is 2.18. The first kappa shape index (κ1) is 13.8. The summed E-state index contributed by atoms with van der Waals surface area (Å²) in [5.41, 5.74) is 7.72. The fourth-order valence-corrected chi connectivity index (χ4v) is 3.10. The standard InChI is InChI=1S/C14H18N2O2S/c1-8-4-3-5-10-11(15)13(19-12(8)10)14(18)16-9(2)6-7-17/h3-5,9,17H,6-7,15H2,1-2H3,(H,16,18). The van der Waals surface area contributed by atoms with Gasteiger partial charge in [0.25, 0.3) is 5.91 Å². The number of hydrogen-bond donors (Lipinski definition) is 3. The molecule has 0 bridgehead atoms. The monoisotopic (exact) mass is 278 g/mol. The summed E-state index contributed by atoms with van der Waals surface area (Å²) in [6.45, 7) is 3.93. The van der Waals surface area contributed by atoms with Crippen LogP contribution in [0.5, 0.6) is 0 Å². The predicted octanol–water partition coefficient (Wildman–Crippen LogP) is 2.29. The van der Waals surface area contributed by atoms with Gasteiger partial charge in [0.15, 0.2) is 0 Å². The number of aliphatic hydroxyl groups excluding tert-OH is 1. The molecule has 2 aromatic rings. The molecule has 4 nitrogen and oxygen atoms in total. The Labute approximate surface area is 116 Å². The predicted molar refractivity (Wildman–Crippen MR) is 79.6 cm³/mol. The zero-order chi connectivity index (χ0) is 14.0. The summed E-state index contributed by atoms with van der Waals surface area (Å²) in [5, 5.41) is 12.6. The Morgan fingerprint density at radius 2 is 2.26 bits per heavy atom. The molecule has 0 aliphatic carbocycles. The molecule has 1 aromatic heterocycles. The fourth-order valence-electron chi connectivity index (χ4n) is 2.00. The van der Waals surface area contributed by atoms with Crippen molar-refractivity contribution in [3.8, 4) is 0 Å². The molecule has 5 heteroatoms. The Morgan fingerprint density at radius 3 is 2.89 bits per heavy atom. The molecule has 0 radical (unpaired) electrons. The third-order valence-electron chi connectivity index (χ3n) is 3.10. The van der Waals surface area contributed by atoms with E-state index in [1.165, 1.54) is 11.3 Å². The highest BCUT2D eigenvalue weighted by molar-refractivity contribution is 7.21. The Hall–Kier alpha value is -1.59. The number of nitrogen functional groups attached to an aromatic ring is 1. The van der Waals surface area contributed by atoms with E-state index in [1.807, 2.05) is 32.0 Å². The van der Waals surface area contributed by atoms with Crippen LogP contribution in [0.1, 0.15) is 28.6 Å². The van der Waals surface area contributed by atoms with Gasteiger partial charge in [0.05, 0.1) is 5.69 Å². The van der Waals surface area contributed by atoms with Crippen LogP contribution < -0.4 is 11.1 Å². The normalized spacial score (nSPS) is 12.6. The SMILES string of the molecule is Cc1cccc2c(N)c(C(=O)NC(C)CCO)sc12. The molecular weight excluding hydrogens is 260 g/mol. The molecule has 0 fully saturated rings. The zero-order valence-electron chi connectivity index (χ0n) is 11.1. The van der Waals surface area contributed by atoms with Crippen LogP contribution in [0.2, 0.25) is 0 Å². The van der Waals surface area contributed by atoms with Crippen LogP contribution >= 0.6 is 11.3 Å². The zero-order valence-corrected chi connectivity index (χ0v) is 11.9. The molecule has 0 saturated heterocycles. The number of anilines is 1. The van der Waals surface area contributed by atoms with E-state index in [1.54, 1.807) is 0 Å². The van der Waals surface area contributed by atoms with Gasteiger partial charge in [-0.1, -0.05) is 18.2 Å². The number of aryl methyl sites for hydroxylation is 1. The average molecular weight is 278 g/mol. The van der Waals surface area contributed by atoms with Crippen molar-refractivity contribution in [2.75, 3.05) is 12.3 Å². The van der Waals surface area contributed by atoms with Gasteiger partial charge < -0.3 is 16.2 Å². The molecule has 4 N–H and O–H groups in total. The molecular formula is C14H18N2O2S. The number of carbonyl (C=O) groups excluding carboxylic acids is 1. The largest absolute Gasteiger partial charge is 0.397 e. The Kier molecular flexibility index (Phi) is 4.07. The minimum atomic E-state index is -0.168. The van der Waals surface area contributed by atoms with E-state index < -0.39 is 0 Å². The van der Waals surface area contributed by atoms with Gasteiger partial charge >= 0.3 is 0 Å². The van der Waals surface area contributed by atoms with Gasteiger partial charge in [-0.2, -0.15) is 0 Å². The van der Waals surface area contributed by atoms with Gasteiger partial charge in [0.2, 0.25) is 0 Å². The maximum absolute atomic E-state index is 12.2. The van der Waals surface area contributed by atoms with E-state index in [4.69, 9.17) is 10.8 Å². The van der Waals surface area contributed by atoms with Crippen molar-refractivity contribution in [3.63, 3.8) is 0 Å². The summed E-state index contributed by atoms with van der Waals surface area (Å²) in [6, 6.07) is 5.82. The van der Waals surface area contributed by atoms with Crippen molar-refractivity contribution < 1.29 is 9.90 Å². The first-order chi connectivity index (χ1) is 9.04. The van der Waals surface area contributed by atoms with Gasteiger partial charge in [0.1, 0.15) is 4.88 Å². The second-order valence-electron chi connectivity index (χ2n) is 4.68. The van der Waals surface area contributed by atoms with E-state index in [-0.39, 0.29) is 18.6 Å². The maximum Gasteiger partial charge on any atom is 0.263 e. The summed E-state index contributed by atoms with van der Waals surface area (Å²) in [5.74, 6) is -0.168. The smallest absolute Gasteiger partial charge is 0.263 e. The third-order valence-corrected chi connectivity index (χ3v) is 4.45. The maximum atomic E-state index is 12.2. The van der Waals surface area contributed by atoms with Crippen molar-refractivity contribution in [1.29, 1.82) is 0 Å². The van der Waals surface area contributed by atoms with Crippen molar-refractivity contribution in [3.05, 3.63) is 28.6 Å². The van der Waals surface area contributed by atoms with Crippen LogP contribution in [0.25, 0.3) is 10.1 Å². The van der Waals surface area contributed by atoms with E-state index in [9.17, 15) is 4.79 Å². The minimum absolute atomic E-state index is 0.0580. The molecule has 1 aromatic carbocycles. The second kappa shape index (κ2) is 5.59. The molecule has 1 heterocycles. The molecule has 2 rings (SSSR count). The molecule has 102 valence electrons. The van der Waals surface area contributed by atoms with Gasteiger partial charge in [0, 0.05) is 22.7 Å². The Balaban J connectivity index is 2.32. The highest BCUT2D eigenvalue weighted by Crippen LogP contribution is 2.35. The number of aliphatic hydroxyl groups is 1. The fraction of sp³-hybridized carbons (Fsp3) is 0.357. The van der Waals surface area contributed by atoms with Crippen LogP contribution in [0, 0.1) is 6.92 Å². The molecule has 1 amide bonds. The Bertz CT molecular complexity index is 607. The lowest BCUT2D eigenvalue weighted by atomic mass is 10.1. The van der Waals surface area contributed by atoms with E-state index in [0.717, 1.165) is 15.6 Å². The molecule has 19 heavy (non-hydrogen) atoms. The number of carbonyl (C=O) groups is 1. The topological polar surface area (TPSA) is 75.4 Å².